The Kier molecular flexibility index (Phi) is 6.19. The molecule has 1 aliphatic rings. The summed E-state index contributed by atoms with van der Waals surface area (Å²) >= 11 is 0. The predicted molar refractivity (Wildman–Crippen MR) is 101 cm³/mol. The Bertz CT molecular complexity index is 790. The lowest BCUT2D eigenvalue weighted by Gasteiger charge is -2.33. The van der Waals surface area contributed by atoms with Gasteiger partial charge in [-0.1, -0.05) is 12.1 Å². The van der Waals surface area contributed by atoms with Crippen molar-refractivity contribution in [3.05, 3.63) is 65.5 Å². The molecule has 3 rings (SSSR count). The highest BCUT2D eigenvalue weighted by molar-refractivity contribution is 5.96. The van der Waals surface area contributed by atoms with Crippen molar-refractivity contribution in [3.63, 3.8) is 0 Å². The van der Waals surface area contributed by atoms with Crippen LogP contribution in [0.1, 0.15) is 29.3 Å². The number of ether oxygens (including phenoxy) is 1. The molecule has 1 atom stereocenters. The maximum Gasteiger partial charge on any atom is 0.254 e. The Balaban J connectivity index is 1.53. The van der Waals surface area contributed by atoms with E-state index in [-0.39, 0.29) is 23.7 Å². The molecule has 2 aromatic carbocycles. The largest absolute Gasteiger partial charge is 0.377 e. The molecule has 5 nitrogen and oxygen atoms in total. The second-order valence-corrected chi connectivity index (χ2v) is 6.67. The Hall–Kier alpha value is -2.73. The Morgan fingerprint density at radius 3 is 2.52 bits per heavy atom. The van der Waals surface area contributed by atoms with Crippen LogP contribution in [0.15, 0.2) is 48.5 Å². The number of carbonyl (C=O) groups excluding carboxylic acids is 2. The lowest BCUT2D eigenvalue weighted by Crippen LogP contribution is -2.47. The third-order valence-corrected chi connectivity index (χ3v) is 4.60. The SMILES string of the molecule is CC1COCCN1C(=O)c1ccc(NC(=O)CCc2ccc(F)cc2)cc1. The summed E-state index contributed by atoms with van der Waals surface area (Å²) in [5.41, 5.74) is 2.14. The van der Waals surface area contributed by atoms with Crippen molar-refractivity contribution >= 4 is 17.5 Å². The van der Waals surface area contributed by atoms with Crippen molar-refractivity contribution in [3.8, 4) is 0 Å². The molecule has 0 spiro atoms. The summed E-state index contributed by atoms with van der Waals surface area (Å²) in [6.45, 7) is 3.65. The predicted octanol–water partition coefficient (Wildman–Crippen LogP) is 3.26. The number of morpholine rings is 1. The molecule has 1 N–H and O–H groups in total. The number of aryl methyl sites for hydroxylation is 1. The van der Waals surface area contributed by atoms with Crippen molar-refractivity contribution < 1.29 is 18.7 Å². The van der Waals surface area contributed by atoms with E-state index < -0.39 is 0 Å². The molecule has 1 aliphatic heterocycles. The fourth-order valence-corrected chi connectivity index (χ4v) is 3.02. The third kappa shape index (κ3) is 5.14. The minimum Gasteiger partial charge on any atom is -0.377 e. The first kappa shape index (κ1) is 19.0. The van der Waals surface area contributed by atoms with Gasteiger partial charge < -0.3 is 15.0 Å². The van der Waals surface area contributed by atoms with Crippen LogP contribution in [-0.4, -0.2) is 42.5 Å². The van der Waals surface area contributed by atoms with Gasteiger partial charge in [-0.25, -0.2) is 4.39 Å². The number of nitrogens with one attached hydrogen (secondary N) is 1. The summed E-state index contributed by atoms with van der Waals surface area (Å²) in [7, 11) is 0. The highest BCUT2D eigenvalue weighted by Gasteiger charge is 2.24. The smallest absolute Gasteiger partial charge is 0.254 e. The van der Waals surface area contributed by atoms with Gasteiger partial charge in [0.15, 0.2) is 0 Å². The summed E-state index contributed by atoms with van der Waals surface area (Å²) in [5.74, 6) is -0.440. The average molecular weight is 370 g/mol. The molecular formula is C21H23FN2O3. The molecule has 0 aromatic heterocycles. The zero-order valence-corrected chi connectivity index (χ0v) is 15.3. The van der Waals surface area contributed by atoms with Gasteiger partial charge >= 0.3 is 0 Å². The van der Waals surface area contributed by atoms with Gasteiger partial charge in [-0.2, -0.15) is 0 Å². The molecule has 0 saturated carbocycles. The molecule has 142 valence electrons. The maximum atomic E-state index is 12.9. The van der Waals surface area contributed by atoms with E-state index in [2.05, 4.69) is 5.32 Å². The van der Waals surface area contributed by atoms with Crippen molar-refractivity contribution in [2.45, 2.75) is 25.8 Å². The standard InChI is InChI=1S/C21H23FN2O3/c1-15-14-27-13-12-24(15)21(26)17-5-9-19(10-6-17)23-20(25)11-4-16-2-7-18(22)8-3-16/h2-3,5-10,15H,4,11-14H2,1H3,(H,23,25). The molecule has 1 saturated heterocycles. The third-order valence-electron chi connectivity index (χ3n) is 4.60. The van der Waals surface area contributed by atoms with Crippen molar-refractivity contribution in [1.82, 2.24) is 4.90 Å². The van der Waals surface area contributed by atoms with E-state index in [1.165, 1.54) is 12.1 Å². The Labute approximate surface area is 158 Å². The maximum absolute atomic E-state index is 12.9. The first-order valence-corrected chi connectivity index (χ1v) is 9.06. The molecule has 27 heavy (non-hydrogen) atoms. The summed E-state index contributed by atoms with van der Waals surface area (Å²) in [4.78, 5) is 26.5. The first-order chi connectivity index (χ1) is 13.0. The lowest BCUT2D eigenvalue weighted by atomic mass is 10.1. The van der Waals surface area contributed by atoms with E-state index in [4.69, 9.17) is 4.74 Å². The number of hydrogen-bond donors (Lipinski definition) is 1. The average Bonchev–Trinajstić information content (AvgIpc) is 2.68. The molecule has 1 fully saturated rings. The molecule has 0 aliphatic carbocycles. The zero-order chi connectivity index (χ0) is 19.2. The molecule has 1 unspecified atom stereocenters. The Morgan fingerprint density at radius 1 is 1.15 bits per heavy atom. The van der Waals surface area contributed by atoms with E-state index >= 15 is 0 Å². The number of carbonyl (C=O) groups is 2. The molecule has 2 amide bonds. The normalized spacial score (nSPS) is 16.8. The number of amides is 2. The van der Waals surface area contributed by atoms with Gasteiger partial charge in [-0.15, -0.1) is 0 Å². The number of rotatable bonds is 5. The van der Waals surface area contributed by atoms with E-state index in [1.54, 1.807) is 41.3 Å². The monoisotopic (exact) mass is 370 g/mol. The van der Waals surface area contributed by atoms with E-state index in [9.17, 15) is 14.0 Å². The van der Waals surface area contributed by atoms with Gasteiger partial charge in [0.05, 0.1) is 19.3 Å². The second-order valence-electron chi connectivity index (χ2n) is 6.67. The summed E-state index contributed by atoms with van der Waals surface area (Å²) in [5, 5.41) is 2.82. The number of benzene rings is 2. The van der Waals surface area contributed by atoms with Crippen LogP contribution in [0.3, 0.4) is 0 Å². The van der Waals surface area contributed by atoms with Crippen LogP contribution in [0.25, 0.3) is 0 Å². The lowest BCUT2D eigenvalue weighted by molar-refractivity contribution is -0.116. The van der Waals surface area contributed by atoms with Crippen LogP contribution in [0.5, 0.6) is 0 Å². The van der Waals surface area contributed by atoms with Crippen LogP contribution in [0.4, 0.5) is 10.1 Å². The Morgan fingerprint density at radius 2 is 1.85 bits per heavy atom. The number of halogens is 1. The van der Waals surface area contributed by atoms with Crippen molar-refractivity contribution in [1.29, 1.82) is 0 Å². The summed E-state index contributed by atoms with van der Waals surface area (Å²) < 4.78 is 18.3. The minimum absolute atomic E-state index is 0.0278. The van der Waals surface area contributed by atoms with Gasteiger partial charge in [0, 0.05) is 24.2 Å². The van der Waals surface area contributed by atoms with Crippen LogP contribution < -0.4 is 5.32 Å². The second kappa shape index (κ2) is 8.77. The van der Waals surface area contributed by atoms with Crippen LogP contribution >= 0.6 is 0 Å². The van der Waals surface area contributed by atoms with Gasteiger partial charge in [0.2, 0.25) is 5.91 Å². The van der Waals surface area contributed by atoms with Crippen molar-refractivity contribution in [2.75, 3.05) is 25.1 Å². The van der Waals surface area contributed by atoms with Gasteiger partial charge in [-0.05, 0) is 55.3 Å². The fraction of sp³-hybridized carbons (Fsp3) is 0.333. The van der Waals surface area contributed by atoms with Crippen LogP contribution in [0.2, 0.25) is 0 Å². The topological polar surface area (TPSA) is 58.6 Å². The fourth-order valence-electron chi connectivity index (χ4n) is 3.02. The van der Waals surface area contributed by atoms with Crippen molar-refractivity contribution in [2.24, 2.45) is 0 Å². The number of nitrogens with zero attached hydrogens (tertiary/aromatic N) is 1. The van der Waals surface area contributed by atoms with Crippen LogP contribution in [-0.2, 0) is 16.0 Å². The molecular weight excluding hydrogens is 347 g/mol. The highest BCUT2D eigenvalue weighted by Crippen LogP contribution is 2.16. The first-order valence-electron chi connectivity index (χ1n) is 9.06. The number of hydrogen-bond acceptors (Lipinski definition) is 3. The molecule has 6 heteroatoms. The van der Waals surface area contributed by atoms with Crippen LogP contribution in [0, 0.1) is 5.82 Å². The molecule has 0 radical (unpaired) electrons. The van der Waals surface area contributed by atoms with Gasteiger partial charge in [0.25, 0.3) is 5.91 Å². The minimum atomic E-state index is -0.288. The number of anilines is 1. The van der Waals surface area contributed by atoms with Gasteiger partial charge in [-0.3, -0.25) is 9.59 Å². The van der Waals surface area contributed by atoms with E-state index in [1.807, 2.05) is 6.92 Å². The molecule has 2 aromatic rings. The van der Waals surface area contributed by atoms with E-state index in [0.29, 0.717) is 43.9 Å². The van der Waals surface area contributed by atoms with E-state index in [0.717, 1.165) is 5.56 Å². The molecule has 0 bridgehead atoms. The zero-order valence-electron chi connectivity index (χ0n) is 15.3. The van der Waals surface area contributed by atoms with Gasteiger partial charge in [0.1, 0.15) is 5.82 Å². The highest BCUT2D eigenvalue weighted by atomic mass is 19.1. The summed E-state index contributed by atoms with van der Waals surface area (Å²) in [6, 6.07) is 13.1. The quantitative estimate of drug-likeness (QED) is 0.879. The summed E-state index contributed by atoms with van der Waals surface area (Å²) in [6.07, 6.45) is 0.842. The molecule has 1 heterocycles.